The second-order valence-electron chi connectivity index (χ2n) is 8.96. The van der Waals surface area contributed by atoms with Crippen molar-refractivity contribution < 1.29 is 24.2 Å². The Balaban J connectivity index is 1.48. The van der Waals surface area contributed by atoms with E-state index in [0.717, 1.165) is 6.42 Å². The highest BCUT2D eigenvalue weighted by Gasteiger charge is 2.52. The van der Waals surface area contributed by atoms with E-state index in [1.165, 1.54) is 4.90 Å². The summed E-state index contributed by atoms with van der Waals surface area (Å²) in [5.41, 5.74) is 1.37. The molecule has 2 fully saturated rings. The lowest BCUT2D eigenvalue weighted by Gasteiger charge is -2.53. The first kappa shape index (κ1) is 23.4. The monoisotopic (exact) mass is 485 g/mol. The molecule has 36 heavy (non-hydrogen) atoms. The molecule has 2 saturated heterocycles. The zero-order chi connectivity index (χ0) is 25.1. The molecule has 2 aliphatic rings. The van der Waals surface area contributed by atoms with Gasteiger partial charge >= 0.3 is 18.1 Å². The fraction of sp³-hybridized carbons (Fsp3) is 0.250. The van der Waals surface area contributed by atoms with Gasteiger partial charge in [0.15, 0.2) is 6.04 Å². The van der Waals surface area contributed by atoms with Gasteiger partial charge in [0.25, 0.3) is 0 Å². The molecule has 0 aromatic heterocycles. The molecule has 2 aliphatic heterocycles. The Bertz CT molecular complexity index is 1180. The predicted octanol–water partition coefficient (Wildman–Crippen LogP) is 5.14. The van der Waals surface area contributed by atoms with Crippen LogP contribution in [0.3, 0.4) is 0 Å². The Kier molecular flexibility index (Phi) is 6.58. The quantitative estimate of drug-likeness (QED) is 0.553. The first-order valence-corrected chi connectivity index (χ1v) is 12.0. The molecule has 3 amide bonds. The number of aliphatic carboxylic acids is 1. The van der Waals surface area contributed by atoms with E-state index < -0.39 is 24.1 Å². The van der Waals surface area contributed by atoms with Gasteiger partial charge in [-0.15, -0.1) is 0 Å². The summed E-state index contributed by atoms with van der Waals surface area (Å²) in [6.45, 7) is 0.0856. The largest absolute Gasteiger partial charge is 0.480 e. The number of likely N-dealkylation sites (tertiary alicyclic amines) is 1. The number of benzene rings is 3. The summed E-state index contributed by atoms with van der Waals surface area (Å²) in [6, 6.07) is 24.6. The van der Waals surface area contributed by atoms with Crippen LogP contribution in [0.2, 0.25) is 0 Å². The summed E-state index contributed by atoms with van der Waals surface area (Å²) in [5.74, 6) is -0.816. The fourth-order valence-corrected chi connectivity index (χ4v) is 5.22. The zero-order valence-electron chi connectivity index (χ0n) is 19.6. The number of nitrogens with zero attached hydrogens (tertiary/aromatic N) is 3. The molecule has 0 aliphatic carbocycles. The van der Waals surface area contributed by atoms with Crippen molar-refractivity contribution in [1.82, 2.24) is 9.80 Å². The van der Waals surface area contributed by atoms with E-state index >= 15 is 0 Å². The van der Waals surface area contributed by atoms with Gasteiger partial charge in [0.1, 0.15) is 5.75 Å². The van der Waals surface area contributed by atoms with Gasteiger partial charge in [0, 0.05) is 6.54 Å². The number of piperidine rings is 1. The number of anilines is 2. The van der Waals surface area contributed by atoms with Crippen LogP contribution in [0.5, 0.6) is 5.75 Å². The van der Waals surface area contributed by atoms with Crippen LogP contribution in [0.15, 0.2) is 91.0 Å². The van der Waals surface area contributed by atoms with E-state index in [1.807, 2.05) is 60.7 Å². The Morgan fingerprint density at radius 2 is 1.36 bits per heavy atom. The number of amides is 3. The topological polar surface area (TPSA) is 90.4 Å². The third-order valence-electron chi connectivity index (χ3n) is 6.77. The molecule has 1 N–H and O–H groups in total. The van der Waals surface area contributed by atoms with Crippen LogP contribution >= 0.6 is 0 Å². The van der Waals surface area contributed by atoms with E-state index in [0.29, 0.717) is 30.0 Å². The standard InChI is InChI=1S/C28H27N3O5/c32-26(33)25-24-18-10-15-22(19-29(25)28(35)36-23-16-8-3-9-17-23)31(24)27(34)30(20-11-4-1-5-12-20)21-13-6-2-7-14-21/h1-9,11-14,16-17,22,24-25H,10,15,18-19H2,(H,32,33)/t22-,24+,25-/m0/s1. The second kappa shape index (κ2) is 10.1. The van der Waals surface area contributed by atoms with Crippen molar-refractivity contribution in [2.75, 3.05) is 11.4 Å². The average molecular weight is 486 g/mol. The predicted molar refractivity (Wildman–Crippen MR) is 134 cm³/mol. The average Bonchev–Trinajstić information content (AvgIpc) is 2.89. The van der Waals surface area contributed by atoms with Crippen molar-refractivity contribution in [3.63, 3.8) is 0 Å². The first-order valence-electron chi connectivity index (χ1n) is 12.0. The molecule has 184 valence electrons. The number of hydrogen-bond donors (Lipinski definition) is 1. The van der Waals surface area contributed by atoms with Gasteiger partial charge in [0.05, 0.1) is 23.5 Å². The van der Waals surface area contributed by atoms with Crippen LogP contribution in [0.1, 0.15) is 19.3 Å². The number of fused-ring (bicyclic) bond motifs is 2. The molecule has 2 bridgehead atoms. The van der Waals surface area contributed by atoms with Crippen molar-refractivity contribution in [3.05, 3.63) is 91.0 Å². The Morgan fingerprint density at radius 1 is 0.806 bits per heavy atom. The van der Waals surface area contributed by atoms with Crippen molar-refractivity contribution >= 4 is 29.5 Å². The van der Waals surface area contributed by atoms with E-state index in [1.54, 1.807) is 40.1 Å². The summed E-state index contributed by atoms with van der Waals surface area (Å²) < 4.78 is 5.49. The number of carboxylic acid groups (broad SMARTS) is 1. The lowest BCUT2D eigenvalue weighted by atomic mass is 9.86. The van der Waals surface area contributed by atoms with Crippen molar-refractivity contribution in [2.24, 2.45) is 0 Å². The number of carbonyl (C=O) groups is 3. The minimum absolute atomic E-state index is 0.0856. The minimum atomic E-state index is -1.21. The summed E-state index contributed by atoms with van der Waals surface area (Å²) in [7, 11) is 0. The summed E-state index contributed by atoms with van der Waals surface area (Å²) in [4.78, 5) is 44.3. The van der Waals surface area contributed by atoms with Crippen LogP contribution in [0.4, 0.5) is 21.0 Å². The number of hydrogen-bond acceptors (Lipinski definition) is 4. The number of carbonyl (C=O) groups excluding carboxylic acids is 2. The van der Waals surface area contributed by atoms with Gasteiger partial charge in [-0.1, -0.05) is 54.6 Å². The van der Waals surface area contributed by atoms with Gasteiger partial charge < -0.3 is 14.7 Å². The molecule has 0 radical (unpaired) electrons. The van der Waals surface area contributed by atoms with Gasteiger partial charge in [-0.3, -0.25) is 9.80 Å². The van der Waals surface area contributed by atoms with Crippen LogP contribution in [-0.2, 0) is 4.79 Å². The lowest BCUT2D eigenvalue weighted by Crippen LogP contribution is -2.71. The summed E-state index contributed by atoms with van der Waals surface area (Å²) >= 11 is 0. The highest BCUT2D eigenvalue weighted by molar-refractivity contribution is 6.00. The van der Waals surface area contributed by atoms with E-state index in [2.05, 4.69) is 0 Å². The van der Waals surface area contributed by atoms with Gasteiger partial charge in [-0.2, -0.15) is 0 Å². The fourth-order valence-electron chi connectivity index (χ4n) is 5.22. The Hall–Kier alpha value is -4.33. The van der Waals surface area contributed by atoms with Gasteiger partial charge in [-0.25, -0.2) is 14.4 Å². The van der Waals surface area contributed by atoms with Gasteiger partial charge in [-0.05, 0) is 55.7 Å². The molecular formula is C28H27N3O5. The molecule has 3 aromatic carbocycles. The van der Waals surface area contributed by atoms with Crippen LogP contribution in [-0.4, -0.2) is 57.7 Å². The molecule has 3 aromatic rings. The number of rotatable bonds is 4. The molecule has 0 unspecified atom stereocenters. The normalized spacial score (nSPS) is 20.9. The van der Waals surface area contributed by atoms with Crippen molar-refractivity contribution in [3.8, 4) is 5.75 Å². The van der Waals surface area contributed by atoms with E-state index in [-0.39, 0.29) is 18.6 Å². The molecule has 0 spiro atoms. The molecule has 3 atom stereocenters. The number of urea groups is 1. The molecular weight excluding hydrogens is 458 g/mol. The number of piperazine rings is 1. The zero-order valence-corrected chi connectivity index (χ0v) is 19.6. The van der Waals surface area contributed by atoms with Crippen molar-refractivity contribution in [2.45, 2.75) is 37.4 Å². The lowest BCUT2D eigenvalue weighted by molar-refractivity contribution is -0.149. The smallest absolute Gasteiger partial charge is 0.416 e. The number of ether oxygens (including phenoxy) is 1. The Morgan fingerprint density at radius 3 is 1.92 bits per heavy atom. The van der Waals surface area contributed by atoms with Crippen LogP contribution in [0.25, 0.3) is 0 Å². The summed E-state index contributed by atoms with van der Waals surface area (Å²) in [6.07, 6.45) is 1.20. The molecule has 0 saturated carbocycles. The molecule has 5 rings (SSSR count). The molecule has 8 nitrogen and oxygen atoms in total. The minimum Gasteiger partial charge on any atom is -0.480 e. The van der Waals surface area contributed by atoms with E-state index in [4.69, 9.17) is 4.74 Å². The Labute approximate surface area is 209 Å². The van der Waals surface area contributed by atoms with Crippen molar-refractivity contribution in [1.29, 1.82) is 0 Å². The molecule has 2 heterocycles. The van der Waals surface area contributed by atoms with E-state index in [9.17, 15) is 19.5 Å². The first-order chi connectivity index (χ1) is 17.5. The summed E-state index contributed by atoms with van der Waals surface area (Å²) in [5, 5.41) is 10.2. The third kappa shape index (κ3) is 4.49. The maximum absolute atomic E-state index is 14.2. The molecule has 8 heteroatoms. The maximum Gasteiger partial charge on any atom is 0.416 e. The maximum atomic E-state index is 14.2. The van der Waals surface area contributed by atoms with Crippen LogP contribution < -0.4 is 9.64 Å². The SMILES string of the molecule is O=C(O)[C@@H]1[C@H]2CCC[C@@H](CN1C(=O)Oc1ccccc1)N2C(=O)N(c1ccccc1)c1ccccc1. The second-order valence-corrected chi connectivity index (χ2v) is 8.96. The highest BCUT2D eigenvalue weighted by atomic mass is 16.6. The van der Waals surface area contributed by atoms with Crippen LogP contribution in [0, 0.1) is 0 Å². The third-order valence-corrected chi connectivity index (χ3v) is 6.77. The number of para-hydroxylation sites is 3. The highest BCUT2D eigenvalue weighted by Crippen LogP contribution is 2.37. The van der Waals surface area contributed by atoms with Gasteiger partial charge in [0.2, 0.25) is 0 Å². The number of carboxylic acids is 1.